The second-order valence-electron chi connectivity index (χ2n) is 5.71. The smallest absolute Gasteiger partial charge is 0.0670 e. The number of likely N-dealkylation sites (N-methyl/N-ethyl adjacent to an activating group) is 1. The minimum absolute atomic E-state index is 0.314. The van der Waals surface area contributed by atoms with Crippen molar-refractivity contribution in [1.82, 2.24) is 19.6 Å². The number of rotatable bonds is 5. The summed E-state index contributed by atoms with van der Waals surface area (Å²) in [5, 5.41) is 4.55. The second-order valence-corrected chi connectivity index (χ2v) is 5.71. The topological polar surface area (TPSA) is 50.3 Å². The maximum Gasteiger partial charge on any atom is 0.0670 e. The highest BCUT2D eigenvalue weighted by atomic mass is 15.3. The van der Waals surface area contributed by atoms with Crippen molar-refractivity contribution in [2.45, 2.75) is 31.8 Å². The molecule has 1 aliphatic heterocycles. The molecule has 1 fully saturated rings. The lowest BCUT2D eigenvalue weighted by molar-refractivity contribution is 0.220. The van der Waals surface area contributed by atoms with Crippen LogP contribution in [0.3, 0.4) is 0 Å². The summed E-state index contributed by atoms with van der Waals surface area (Å²) in [6.07, 6.45) is 4.34. The van der Waals surface area contributed by atoms with Crippen LogP contribution in [0.15, 0.2) is 6.20 Å². The molecule has 0 aromatic carbocycles. The Bertz CT molecular complexity index is 412. The molecule has 2 N–H and O–H groups in total. The first kappa shape index (κ1) is 14.5. The van der Waals surface area contributed by atoms with Crippen LogP contribution >= 0.6 is 0 Å². The van der Waals surface area contributed by atoms with Crippen LogP contribution in [-0.2, 0) is 13.5 Å². The molecule has 2 rings (SSSR count). The molecular weight excluding hydrogens is 238 g/mol. The van der Waals surface area contributed by atoms with Crippen LogP contribution in [0.25, 0.3) is 0 Å². The lowest BCUT2D eigenvalue weighted by Gasteiger charge is -2.27. The van der Waals surface area contributed by atoms with E-state index in [0.717, 1.165) is 19.5 Å². The third-order valence-electron chi connectivity index (χ3n) is 4.22. The maximum atomic E-state index is 6.05. The molecule has 1 saturated heterocycles. The molecule has 5 heteroatoms. The Kier molecular flexibility index (Phi) is 4.60. The van der Waals surface area contributed by atoms with E-state index >= 15 is 0 Å². The predicted octanol–water partition coefficient (Wildman–Crippen LogP) is 0.618. The number of likely N-dealkylation sites (tertiary alicyclic amines) is 1. The third kappa shape index (κ3) is 2.99. The SMILES string of the molecule is CCc1nn(C)cc1C(CN)N1CCC(N(C)C)C1. The van der Waals surface area contributed by atoms with Gasteiger partial charge in [-0.1, -0.05) is 6.92 Å². The predicted molar refractivity (Wildman–Crippen MR) is 78.0 cm³/mol. The average molecular weight is 265 g/mol. The average Bonchev–Trinajstić information content (AvgIpc) is 2.98. The van der Waals surface area contributed by atoms with E-state index in [0.29, 0.717) is 18.6 Å². The molecule has 19 heavy (non-hydrogen) atoms. The fraction of sp³-hybridized carbons (Fsp3) is 0.786. The van der Waals surface area contributed by atoms with Crippen molar-refractivity contribution in [2.24, 2.45) is 12.8 Å². The summed E-state index contributed by atoms with van der Waals surface area (Å²) in [6, 6.07) is 0.962. The van der Waals surface area contributed by atoms with Gasteiger partial charge in [0.15, 0.2) is 0 Å². The van der Waals surface area contributed by atoms with E-state index < -0.39 is 0 Å². The summed E-state index contributed by atoms with van der Waals surface area (Å²) < 4.78 is 1.91. The van der Waals surface area contributed by atoms with E-state index in [1.807, 2.05) is 11.7 Å². The zero-order valence-electron chi connectivity index (χ0n) is 12.6. The molecule has 0 amide bonds. The molecule has 0 spiro atoms. The van der Waals surface area contributed by atoms with E-state index in [2.05, 4.69) is 42.1 Å². The van der Waals surface area contributed by atoms with Gasteiger partial charge in [-0.25, -0.2) is 0 Å². The van der Waals surface area contributed by atoms with Gasteiger partial charge >= 0.3 is 0 Å². The van der Waals surface area contributed by atoms with E-state index in [1.54, 1.807) is 0 Å². The van der Waals surface area contributed by atoms with Crippen molar-refractivity contribution in [3.8, 4) is 0 Å². The van der Waals surface area contributed by atoms with Crippen LogP contribution in [0.2, 0.25) is 0 Å². The van der Waals surface area contributed by atoms with Crippen molar-refractivity contribution in [3.05, 3.63) is 17.5 Å². The summed E-state index contributed by atoms with van der Waals surface area (Å²) in [7, 11) is 6.31. The van der Waals surface area contributed by atoms with Crippen LogP contribution < -0.4 is 5.73 Å². The fourth-order valence-corrected chi connectivity index (χ4v) is 3.05. The highest BCUT2D eigenvalue weighted by Gasteiger charge is 2.31. The number of aryl methyl sites for hydroxylation is 2. The van der Waals surface area contributed by atoms with Gasteiger partial charge in [0.2, 0.25) is 0 Å². The van der Waals surface area contributed by atoms with Crippen molar-refractivity contribution in [3.63, 3.8) is 0 Å². The normalized spacial score (nSPS) is 22.3. The molecule has 0 aliphatic carbocycles. The second kappa shape index (κ2) is 6.03. The van der Waals surface area contributed by atoms with Crippen LogP contribution in [0.5, 0.6) is 0 Å². The molecule has 1 aromatic heterocycles. The van der Waals surface area contributed by atoms with Crippen molar-refractivity contribution >= 4 is 0 Å². The summed E-state index contributed by atoms with van der Waals surface area (Å²) in [5.41, 5.74) is 8.55. The van der Waals surface area contributed by atoms with Gasteiger partial charge in [-0.2, -0.15) is 5.10 Å². The number of nitrogens with zero attached hydrogens (tertiary/aromatic N) is 4. The highest BCUT2D eigenvalue weighted by Crippen LogP contribution is 2.27. The molecule has 5 nitrogen and oxygen atoms in total. The van der Waals surface area contributed by atoms with E-state index in [1.165, 1.54) is 17.7 Å². The maximum absolute atomic E-state index is 6.05. The number of hydrogen-bond acceptors (Lipinski definition) is 4. The Morgan fingerprint density at radius 1 is 1.53 bits per heavy atom. The Balaban J connectivity index is 2.16. The monoisotopic (exact) mass is 265 g/mol. The van der Waals surface area contributed by atoms with E-state index in [-0.39, 0.29) is 0 Å². The summed E-state index contributed by atoms with van der Waals surface area (Å²) in [6.45, 7) is 5.06. The minimum Gasteiger partial charge on any atom is -0.329 e. The summed E-state index contributed by atoms with van der Waals surface area (Å²) in [4.78, 5) is 4.83. The van der Waals surface area contributed by atoms with Gasteiger partial charge < -0.3 is 10.6 Å². The zero-order valence-corrected chi connectivity index (χ0v) is 12.6. The Labute approximate surface area is 116 Å². The van der Waals surface area contributed by atoms with Crippen LogP contribution in [-0.4, -0.2) is 59.4 Å². The quantitative estimate of drug-likeness (QED) is 0.848. The molecule has 108 valence electrons. The fourth-order valence-electron chi connectivity index (χ4n) is 3.05. The highest BCUT2D eigenvalue weighted by molar-refractivity contribution is 5.22. The van der Waals surface area contributed by atoms with Crippen molar-refractivity contribution in [1.29, 1.82) is 0 Å². The molecule has 2 unspecified atom stereocenters. The van der Waals surface area contributed by atoms with Crippen molar-refractivity contribution < 1.29 is 0 Å². The largest absolute Gasteiger partial charge is 0.329 e. The van der Waals surface area contributed by atoms with Crippen LogP contribution in [0.4, 0.5) is 0 Å². The van der Waals surface area contributed by atoms with Crippen molar-refractivity contribution in [2.75, 3.05) is 33.7 Å². The molecule has 1 aromatic rings. The standard InChI is InChI=1S/C14H27N5/c1-5-13-12(10-18(4)16-13)14(8-15)19-7-6-11(9-19)17(2)3/h10-11,14H,5-9,15H2,1-4H3. The molecular formula is C14H27N5. The van der Waals surface area contributed by atoms with Gasteiger partial charge in [-0.15, -0.1) is 0 Å². The van der Waals surface area contributed by atoms with Gasteiger partial charge in [-0.05, 0) is 26.9 Å². The number of aromatic nitrogens is 2. The van der Waals surface area contributed by atoms with Gasteiger partial charge in [0.05, 0.1) is 11.7 Å². The van der Waals surface area contributed by atoms with E-state index in [9.17, 15) is 0 Å². The Morgan fingerprint density at radius 3 is 2.79 bits per heavy atom. The molecule has 0 bridgehead atoms. The van der Waals surface area contributed by atoms with Crippen LogP contribution in [0.1, 0.15) is 30.6 Å². The molecule has 0 saturated carbocycles. The first-order valence-corrected chi connectivity index (χ1v) is 7.19. The van der Waals surface area contributed by atoms with E-state index in [4.69, 9.17) is 5.73 Å². The van der Waals surface area contributed by atoms with Gasteiger partial charge in [-0.3, -0.25) is 9.58 Å². The lowest BCUT2D eigenvalue weighted by Crippen LogP contribution is -2.36. The summed E-state index contributed by atoms with van der Waals surface area (Å²) >= 11 is 0. The first-order chi connectivity index (χ1) is 9.06. The minimum atomic E-state index is 0.314. The molecule has 0 radical (unpaired) electrons. The van der Waals surface area contributed by atoms with Crippen LogP contribution in [0, 0.1) is 0 Å². The Morgan fingerprint density at radius 2 is 2.26 bits per heavy atom. The molecule has 2 atom stereocenters. The zero-order chi connectivity index (χ0) is 14.0. The number of nitrogens with two attached hydrogens (primary N) is 1. The lowest BCUT2D eigenvalue weighted by atomic mass is 10.1. The molecule has 2 heterocycles. The van der Waals surface area contributed by atoms with Gasteiger partial charge in [0.25, 0.3) is 0 Å². The Hall–Kier alpha value is -0.910. The summed E-state index contributed by atoms with van der Waals surface area (Å²) in [5.74, 6) is 0. The van der Waals surface area contributed by atoms with Gasteiger partial charge in [0.1, 0.15) is 0 Å². The molecule has 1 aliphatic rings. The first-order valence-electron chi connectivity index (χ1n) is 7.19. The van der Waals surface area contributed by atoms with Gasteiger partial charge in [0, 0.05) is 44.5 Å². The third-order valence-corrected chi connectivity index (χ3v) is 4.22. The number of hydrogen-bond donors (Lipinski definition) is 1.